The topological polar surface area (TPSA) is 80.6 Å². The van der Waals surface area contributed by atoms with Crippen molar-refractivity contribution in [2.24, 2.45) is 0 Å². The Morgan fingerprint density at radius 3 is 1.43 bits per heavy atom. The van der Waals surface area contributed by atoms with Gasteiger partial charge in [0.05, 0.1) is 52.2 Å². The van der Waals surface area contributed by atoms with Gasteiger partial charge in [-0.05, 0) is 47.5 Å². The Morgan fingerprint density at radius 1 is 0.375 bits per heavy atom. The predicted molar refractivity (Wildman–Crippen MR) is 165 cm³/mol. The van der Waals surface area contributed by atoms with Gasteiger partial charge in [0.2, 0.25) is 0 Å². The van der Waals surface area contributed by atoms with Gasteiger partial charge in [-0.1, -0.05) is 66.7 Å². The molecule has 0 aliphatic heterocycles. The number of aromatic nitrogens is 6. The largest absolute Gasteiger partial charge is 0.304 e. The van der Waals surface area contributed by atoms with E-state index in [0.29, 0.717) is 0 Å². The molecule has 5 aromatic carbocycles. The molecule has 0 spiro atoms. The van der Waals surface area contributed by atoms with Gasteiger partial charge < -0.3 is 4.90 Å². The zero-order valence-electron chi connectivity index (χ0n) is 20.7. The molecular formula is C30H17N7S3. The summed E-state index contributed by atoms with van der Waals surface area (Å²) >= 11 is 3.64. The molecule has 3 aromatic heterocycles. The molecule has 0 atom stereocenters. The van der Waals surface area contributed by atoms with Gasteiger partial charge in [0, 0.05) is 11.1 Å². The van der Waals surface area contributed by atoms with Gasteiger partial charge >= 0.3 is 0 Å². The highest BCUT2D eigenvalue weighted by molar-refractivity contribution is 7.00. The highest BCUT2D eigenvalue weighted by Gasteiger charge is 2.25. The molecule has 0 radical (unpaired) electrons. The van der Waals surface area contributed by atoms with Crippen LogP contribution in [-0.2, 0) is 0 Å². The van der Waals surface area contributed by atoms with E-state index in [-0.39, 0.29) is 0 Å². The van der Waals surface area contributed by atoms with Crippen molar-refractivity contribution in [1.29, 1.82) is 0 Å². The normalized spacial score (nSPS) is 11.5. The molecule has 0 saturated carbocycles. The van der Waals surface area contributed by atoms with E-state index in [1.807, 2.05) is 48.5 Å². The van der Waals surface area contributed by atoms with Gasteiger partial charge in [0.25, 0.3) is 0 Å². The number of rotatable bonds is 5. The second kappa shape index (κ2) is 9.53. The lowest BCUT2D eigenvalue weighted by Crippen LogP contribution is -2.12. The van der Waals surface area contributed by atoms with E-state index in [1.54, 1.807) is 0 Å². The smallest absolute Gasteiger partial charge is 0.129 e. The maximum absolute atomic E-state index is 4.80. The molecule has 0 aliphatic rings. The van der Waals surface area contributed by atoms with Crippen LogP contribution in [0.25, 0.3) is 55.4 Å². The fourth-order valence-corrected chi connectivity index (χ4v) is 6.81. The standard InChI is InChI=1S/C30H17N7S3/c1-3-8-18(9-4-1)20-14-16-24(29-26(20)32-39-35-29)37(23-13-7-12-22-28(23)34-38-31-22)25-17-15-21(19-10-5-2-6-11-19)27-30(25)36-40-33-27/h1-17H. The lowest BCUT2D eigenvalue weighted by atomic mass is 10.0. The second-order valence-corrected chi connectivity index (χ2v) is 10.7. The monoisotopic (exact) mass is 571 g/mol. The minimum atomic E-state index is 0.815. The molecule has 0 saturated heterocycles. The summed E-state index contributed by atoms with van der Waals surface area (Å²) in [6.45, 7) is 0. The van der Waals surface area contributed by atoms with Crippen LogP contribution < -0.4 is 4.90 Å². The van der Waals surface area contributed by atoms with Crippen LogP contribution in [0.5, 0.6) is 0 Å². The molecule has 10 heteroatoms. The van der Waals surface area contributed by atoms with Crippen molar-refractivity contribution in [3.63, 3.8) is 0 Å². The third kappa shape index (κ3) is 3.69. The van der Waals surface area contributed by atoms with Crippen LogP contribution in [0.4, 0.5) is 17.1 Å². The average Bonchev–Trinajstić information content (AvgIpc) is 3.80. The molecule has 190 valence electrons. The summed E-state index contributed by atoms with van der Waals surface area (Å²) in [6.07, 6.45) is 0. The van der Waals surface area contributed by atoms with E-state index in [2.05, 4.69) is 68.2 Å². The summed E-state index contributed by atoms with van der Waals surface area (Å²) < 4.78 is 28.3. The number of anilines is 3. The van der Waals surface area contributed by atoms with Gasteiger partial charge in [-0.2, -0.15) is 26.2 Å². The molecular weight excluding hydrogens is 555 g/mol. The molecule has 7 nitrogen and oxygen atoms in total. The van der Waals surface area contributed by atoms with E-state index in [1.165, 1.54) is 35.2 Å². The SMILES string of the molecule is c1ccc(-c2ccc(N(c3cccc4nsnc34)c3ccc(-c4ccccc4)c4nsnc34)c3nsnc23)cc1. The average molecular weight is 572 g/mol. The number of hydrogen-bond donors (Lipinski definition) is 0. The second-order valence-electron chi connectivity index (χ2n) is 9.16. The van der Waals surface area contributed by atoms with Crippen molar-refractivity contribution in [3.05, 3.63) is 103 Å². The van der Waals surface area contributed by atoms with Gasteiger partial charge in [0.15, 0.2) is 0 Å². The molecule has 0 N–H and O–H groups in total. The van der Waals surface area contributed by atoms with Crippen LogP contribution in [0, 0.1) is 0 Å². The lowest BCUT2D eigenvalue weighted by Gasteiger charge is -2.26. The van der Waals surface area contributed by atoms with Crippen molar-refractivity contribution >= 4 is 85.3 Å². The molecule has 0 unspecified atom stereocenters. The Balaban J connectivity index is 1.41. The van der Waals surface area contributed by atoms with Crippen LogP contribution in [0.15, 0.2) is 103 Å². The van der Waals surface area contributed by atoms with Crippen LogP contribution in [0.3, 0.4) is 0 Å². The Hall–Kier alpha value is -4.64. The molecule has 8 rings (SSSR count). The Labute approximate surface area is 241 Å². The highest BCUT2D eigenvalue weighted by atomic mass is 32.1. The first kappa shape index (κ1) is 23.3. The van der Waals surface area contributed by atoms with Crippen molar-refractivity contribution in [2.45, 2.75) is 0 Å². The van der Waals surface area contributed by atoms with Crippen LogP contribution in [0.1, 0.15) is 0 Å². The number of nitrogens with zero attached hydrogens (tertiary/aromatic N) is 7. The molecule has 3 heterocycles. The maximum Gasteiger partial charge on any atom is 0.129 e. The summed E-state index contributed by atoms with van der Waals surface area (Å²) in [5.41, 5.74) is 12.0. The van der Waals surface area contributed by atoms with E-state index in [0.717, 1.165) is 72.4 Å². The maximum atomic E-state index is 4.80. The fourth-order valence-electron chi connectivity index (χ4n) is 5.13. The first-order chi connectivity index (χ1) is 19.9. The van der Waals surface area contributed by atoms with E-state index in [9.17, 15) is 0 Å². The molecule has 0 bridgehead atoms. The van der Waals surface area contributed by atoms with Crippen molar-refractivity contribution < 1.29 is 0 Å². The predicted octanol–water partition coefficient (Wildman–Crippen LogP) is 8.50. The van der Waals surface area contributed by atoms with Gasteiger partial charge in [-0.3, -0.25) is 0 Å². The summed E-state index contributed by atoms with van der Waals surface area (Å²) in [5, 5.41) is 0. The number of hydrogen-bond acceptors (Lipinski definition) is 10. The van der Waals surface area contributed by atoms with E-state index >= 15 is 0 Å². The summed E-state index contributed by atoms with van der Waals surface area (Å²) in [4.78, 5) is 2.18. The number of benzene rings is 5. The fraction of sp³-hybridized carbons (Fsp3) is 0. The van der Waals surface area contributed by atoms with Crippen molar-refractivity contribution in [2.75, 3.05) is 4.90 Å². The molecule has 0 fully saturated rings. The van der Waals surface area contributed by atoms with Gasteiger partial charge in [0.1, 0.15) is 33.1 Å². The molecule has 8 aromatic rings. The van der Waals surface area contributed by atoms with Crippen LogP contribution >= 0.6 is 35.2 Å². The van der Waals surface area contributed by atoms with Gasteiger partial charge in [-0.25, -0.2) is 0 Å². The Kier molecular flexibility index (Phi) is 5.54. The summed E-state index contributed by atoms with van der Waals surface area (Å²) in [5.74, 6) is 0. The molecule has 40 heavy (non-hydrogen) atoms. The number of fused-ring (bicyclic) bond motifs is 3. The minimum absolute atomic E-state index is 0.815. The zero-order chi connectivity index (χ0) is 26.5. The summed E-state index contributed by atoms with van der Waals surface area (Å²) in [6, 6.07) is 35.1. The van der Waals surface area contributed by atoms with E-state index in [4.69, 9.17) is 17.5 Å². The first-order valence-electron chi connectivity index (χ1n) is 12.5. The van der Waals surface area contributed by atoms with Crippen LogP contribution in [-0.4, -0.2) is 26.2 Å². The van der Waals surface area contributed by atoms with Crippen molar-refractivity contribution in [1.82, 2.24) is 26.2 Å². The molecule has 0 aliphatic carbocycles. The quantitative estimate of drug-likeness (QED) is 0.205. The Morgan fingerprint density at radius 2 is 0.850 bits per heavy atom. The van der Waals surface area contributed by atoms with Crippen molar-refractivity contribution in [3.8, 4) is 22.3 Å². The van der Waals surface area contributed by atoms with Crippen LogP contribution in [0.2, 0.25) is 0 Å². The van der Waals surface area contributed by atoms with Gasteiger partial charge in [-0.15, -0.1) is 0 Å². The highest BCUT2D eigenvalue weighted by Crippen LogP contribution is 2.46. The molecule has 0 amide bonds. The first-order valence-corrected chi connectivity index (χ1v) is 14.7. The Bertz CT molecular complexity index is 2020. The lowest BCUT2D eigenvalue weighted by molar-refractivity contribution is 1.31. The van der Waals surface area contributed by atoms with E-state index < -0.39 is 0 Å². The minimum Gasteiger partial charge on any atom is -0.304 e. The zero-order valence-corrected chi connectivity index (χ0v) is 23.1. The third-order valence-corrected chi connectivity index (χ3v) is 8.54. The summed E-state index contributed by atoms with van der Waals surface area (Å²) in [7, 11) is 0. The third-order valence-electron chi connectivity index (χ3n) is 6.95.